The SMILES string of the molecule is CCc1ccccc1CNCC(O)Cn1cccn1. The van der Waals surface area contributed by atoms with Crippen molar-refractivity contribution < 1.29 is 5.11 Å². The number of benzene rings is 1. The van der Waals surface area contributed by atoms with E-state index in [2.05, 4.69) is 41.6 Å². The maximum Gasteiger partial charge on any atom is 0.0860 e. The van der Waals surface area contributed by atoms with Crippen LogP contribution in [0.4, 0.5) is 0 Å². The molecule has 1 heterocycles. The molecule has 1 atom stereocenters. The number of aliphatic hydroxyl groups is 1. The molecule has 1 aromatic carbocycles. The Hall–Kier alpha value is -1.65. The van der Waals surface area contributed by atoms with Crippen molar-refractivity contribution in [2.75, 3.05) is 6.54 Å². The summed E-state index contributed by atoms with van der Waals surface area (Å²) in [6.45, 7) is 4.04. The zero-order chi connectivity index (χ0) is 13.5. The molecule has 0 spiro atoms. The van der Waals surface area contributed by atoms with Crippen LogP contribution in [0, 0.1) is 0 Å². The highest BCUT2D eigenvalue weighted by atomic mass is 16.3. The van der Waals surface area contributed by atoms with Gasteiger partial charge in [0, 0.05) is 25.5 Å². The van der Waals surface area contributed by atoms with Crippen LogP contribution < -0.4 is 5.32 Å². The molecule has 4 nitrogen and oxygen atoms in total. The van der Waals surface area contributed by atoms with Gasteiger partial charge in [-0.2, -0.15) is 5.10 Å². The summed E-state index contributed by atoms with van der Waals surface area (Å²) in [5.74, 6) is 0. The van der Waals surface area contributed by atoms with E-state index in [9.17, 15) is 5.11 Å². The van der Waals surface area contributed by atoms with Gasteiger partial charge in [-0.3, -0.25) is 4.68 Å². The quantitative estimate of drug-likeness (QED) is 0.794. The third-order valence-electron chi connectivity index (χ3n) is 3.15. The predicted molar refractivity (Wildman–Crippen MR) is 75.8 cm³/mol. The lowest BCUT2D eigenvalue weighted by atomic mass is 10.1. The number of nitrogens with one attached hydrogen (secondary N) is 1. The Morgan fingerprint density at radius 2 is 2.05 bits per heavy atom. The first-order valence-corrected chi connectivity index (χ1v) is 6.72. The van der Waals surface area contributed by atoms with Gasteiger partial charge in [0.2, 0.25) is 0 Å². The maximum atomic E-state index is 9.90. The molecule has 0 amide bonds. The van der Waals surface area contributed by atoms with E-state index in [1.807, 2.05) is 12.3 Å². The van der Waals surface area contributed by atoms with Crippen LogP contribution in [-0.4, -0.2) is 27.5 Å². The van der Waals surface area contributed by atoms with Crippen molar-refractivity contribution in [3.8, 4) is 0 Å². The van der Waals surface area contributed by atoms with Crippen molar-refractivity contribution in [1.29, 1.82) is 0 Å². The molecule has 1 unspecified atom stereocenters. The molecular formula is C15H21N3O. The zero-order valence-electron chi connectivity index (χ0n) is 11.3. The molecule has 2 rings (SSSR count). The number of hydrogen-bond donors (Lipinski definition) is 2. The minimum absolute atomic E-state index is 0.423. The highest BCUT2D eigenvalue weighted by Crippen LogP contribution is 2.08. The van der Waals surface area contributed by atoms with Crippen molar-refractivity contribution in [1.82, 2.24) is 15.1 Å². The first-order chi connectivity index (χ1) is 9.29. The molecule has 0 aliphatic rings. The second-order valence-corrected chi connectivity index (χ2v) is 4.64. The summed E-state index contributed by atoms with van der Waals surface area (Å²) in [6, 6.07) is 10.3. The Bertz CT molecular complexity index is 482. The van der Waals surface area contributed by atoms with Crippen LogP contribution in [0.5, 0.6) is 0 Å². The number of aryl methyl sites for hydroxylation is 1. The summed E-state index contributed by atoms with van der Waals surface area (Å²) in [4.78, 5) is 0. The standard InChI is InChI=1S/C15H21N3O/c1-2-13-6-3-4-7-14(13)10-16-11-15(19)12-18-9-5-8-17-18/h3-9,15-16,19H,2,10-12H2,1H3. The smallest absolute Gasteiger partial charge is 0.0860 e. The van der Waals surface area contributed by atoms with E-state index in [0.717, 1.165) is 13.0 Å². The van der Waals surface area contributed by atoms with E-state index in [1.54, 1.807) is 10.9 Å². The highest BCUT2D eigenvalue weighted by Gasteiger charge is 2.05. The van der Waals surface area contributed by atoms with Crippen LogP contribution in [0.2, 0.25) is 0 Å². The van der Waals surface area contributed by atoms with Gasteiger partial charge in [0.15, 0.2) is 0 Å². The lowest BCUT2D eigenvalue weighted by molar-refractivity contribution is 0.146. The van der Waals surface area contributed by atoms with Gasteiger partial charge in [-0.05, 0) is 23.6 Å². The van der Waals surface area contributed by atoms with E-state index >= 15 is 0 Å². The number of aromatic nitrogens is 2. The number of nitrogens with zero attached hydrogens (tertiary/aromatic N) is 2. The van der Waals surface area contributed by atoms with Crippen LogP contribution in [0.3, 0.4) is 0 Å². The average molecular weight is 259 g/mol. The summed E-state index contributed by atoms with van der Waals surface area (Å²) >= 11 is 0. The van der Waals surface area contributed by atoms with Crippen molar-refractivity contribution in [3.63, 3.8) is 0 Å². The third kappa shape index (κ3) is 4.19. The fourth-order valence-corrected chi connectivity index (χ4v) is 2.14. The van der Waals surface area contributed by atoms with E-state index in [1.165, 1.54) is 11.1 Å². The normalized spacial score (nSPS) is 12.5. The summed E-state index contributed by atoms with van der Waals surface area (Å²) in [6.07, 6.45) is 4.19. The van der Waals surface area contributed by atoms with Gasteiger partial charge < -0.3 is 10.4 Å². The van der Waals surface area contributed by atoms with E-state index < -0.39 is 6.10 Å². The minimum atomic E-state index is -0.423. The highest BCUT2D eigenvalue weighted by molar-refractivity contribution is 5.26. The van der Waals surface area contributed by atoms with Gasteiger partial charge in [0.05, 0.1) is 12.6 Å². The molecule has 19 heavy (non-hydrogen) atoms. The van der Waals surface area contributed by atoms with Gasteiger partial charge in [0.25, 0.3) is 0 Å². The first-order valence-electron chi connectivity index (χ1n) is 6.72. The average Bonchev–Trinajstić information content (AvgIpc) is 2.92. The Balaban J connectivity index is 1.76. The van der Waals surface area contributed by atoms with Crippen molar-refractivity contribution >= 4 is 0 Å². The van der Waals surface area contributed by atoms with Gasteiger partial charge in [-0.1, -0.05) is 31.2 Å². The Morgan fingerprint density at radius 3 is 2.74 bits per heavy atom. The molecule has 0 aliphatic heterocycles. The van der Waals surface area contributed by atoms with Crippen molar-refractivity contribution in [3.05, 3.63) is 53.9 Å². The number of rotatable bonds is 7. The Labute approximate surface area is 114 Å². The second-order valence-electron chi connectivity index (χ2n) is 4.64. The first kappa shape index (κ1) is 13.8. The van der Waals surface area contributed by atoms with Crippen LogP contribution in [0.1, 0.15) is 18.1 Å². The molecule has 0 saturated heterocycles. The summed E-state index contributed by atoms with van der Waals surface area (Å²) in [5.41, 5.74) is 2.66. The van der Waals surface area contributed by atoms with Crippen LogP contribution in [0.15, 0.2) is 42.7 Å². The van der Waals surface area contributed by atoms with Crippen LogP contribution >= 0.6 is 0 Å². The Kier molecular flexibility index (Phi) is 5.12. The van der Waals surface area contributed by atoms with E-state index in [-0.39, 0.29) is 0 Å². The molecule has 0 aliphatic carbocycles. The summed E-state index contributed by atoms with van der Waals surface area (Å²) in [7, 11) is 0. The van der Waals surface area contributed by atoms with E-state index in [4.69, 9.17) is 0 Å². The fourth-order valence-electron chi connectivity index (χ4n) is 2.14. The molecule has 0 bridgehead atoms. The van der Waals surface area contributed by atoms with Gasteiger partial charge in [0.1, 0.15) is 0 Å². The molecular weight excluding hydrogens is 238 g/mol. The maximum absolute atomic E-state index is 9.90. The molecule has 102 valence electrons. The molecule has 2 aromatic rings. The topological polar surface area (TPSA) is 50.1 Å². The largest absolute Gasteiger partial charge is 0.390 e. The molecule has 0 fully saturated rings. The molecule has 0 saturated carbocycles. The van der Waals surface area contributed by atoms with Gasteiger partial charge in [-0.15, -0.1) is 0 Å². The fraction of sp³-hybridized carbons (Fsp3) is 0.400. The van der Waals surface area contributed by atoms with Crippen LogP contribution in [0.25, 0.3) is 0 Å². The molecule has 4 heteroatoms. The van der Waals surface area contributed by atoms with Gasteiger partial charge >= 0.3 is 0 Å². The summed E-state index contributed by atoms with van der Waals surface area (Å²) in [5, 5.41) is 17.3. The van der Waals surface area contributed by atoms with Gasteiger partial charge in [-0.25, -0.2) is 0 Å². The monoisotopic (exact) mass is 259 g/mol. The zero-order valence-corrected chi connectivity index (χ0v) is 11.3. The lowest BCUT2D eigenvalue weighted by Crippen LogP contribution is -2.30. The molecule has 0 radical (unpaired) electrons. The molecule has 1 aromatic heterocycles. The second kappa shape index (κ2) is 7.07. The van der Waals surface area contributed by atoms with Crippen molar-refractivity contribution in [2.45, 2.75) is 32.5 Å². The minimum Gasteiger partial charge on any atom is -0.390 e. The Morgan fingerprint density at radius 1 is 1.26 bits per heavy atom. The lowest BCUT2D eigenvalue weighted by Gasteiger charge is -2.13. The summed E-state index contributed by atoms with van der Waals surface area (Å²) < 4.78 is 1.74. The molecule has 2 N–H and O–H groups in total. The number of aliphatic hydroxyl groups excluding tert-OH is 1. The van der Waals surface area contributed by atoms with Crippen LogP contribution in [-0.2, 0) is 19.5 Å². The predicted octanol–water partition coefficient (Wildman–Crippen LogP) is 1.60. The number of hydrogen-bond acceptors (Lipinski definition) is 3. The van der Waals surface area contributed by atoms with E-state index in [0.29, 0.717) is 13.1 Å². The third-order valence-corrected chi connectivity index (χ3v) is 3.15. The van der Waals surface area contributed by atoms with Crippen molar-refractivity contribution in [2.24, 2.45) is 0 Å².